The van der Waals surface area contributed by atoms with Gasteiger partial charge in [-0.05, 0) is 37.9 Å². The molecule has 1 aliphatic heterocycles. The highest BCUT2D eigenvalue weighted by Crippen LogP contribution is 2.32. The monoisotopic (exact) mass is 332 g/mol. The van der Waals surface area contributed by atoms with E-state index in [4.69, 9.17) is 33.7 Å². The van der Waals surface area contributed by atoms with Crippen molar-refractivity contribution in [1.82, 2.24) is 4.90 Å². The van der Waals surface area contributed by atoms with Gasteiger partial charge in [-0.15, -0.1) is 0 Å². The van der Waals surface area contributed by atoms with E-state index in [-0.39, 0.29) is 5.75 Å². The van der Waals surface area contributed by atoms with E-state index in [1.54, 1.807) is 12.1 Å². The van der Waals surface area contributed by atoms with Crippen LogP contribution in [0, 0.1) is 0 Å². The highest BCUT2D eigenvalue weighted by atomic mass is 35.5. The molecule has 1 saturated heterocycles. The molecule has 0 unspecified atom stereocenters. The second-order valence-electron chi connectivity index (χ2n) is 5.38. The second kappa shape index (κ2) is 8.20. The summed E-state index contributed by atoms with van der Waals surface area (Å²) in [6, 6.07) is 3.33. The van der Waals surface area contributed by atoms with Gasteiger partial charge in [-0.2, -0.15) is 0 Å². The second-order valence-corrected chi connectivity index (χ2v) is 6.23. The molecule has 2 rings (SSSR count). The largest absolute Gasteiger partial charge is 0.506 e. The fourth-order valence-corrected chi connectivity index (χ4v) is 3.08. The van der Waals surface area contributed by atoms with E-state index in [9.17, 15) is 5.11 Å². The molecule has 0 amide bonds. The highest BCUT2D eigenvalue weighted by molar-refractivity contribution is 6.35. The Kier molecular flexibility index (Phi) is 6.58. The fraction of sp³-hybridized carbons (Fsp3) is 0.600. The maximum Gasteiger partial charge on any atom is 0.138 e. The Morgan fingerprint density at radius 1 is 1.29 bits per heavy atom. The number of piperidine rings is 1. The molecule has 0 spiro atoms. The van der Waals surface area contributed by atoms with Crippen LogP contribution in [0.25, 0.3) is 0 Å². The molecule has 0 bridgehead atoms. The molecule has 0 radical (unpaired) electrons. The van der Waals surface area contributed by atoms with E-state index in [0.29, 0.717) is 29.2 Å². The number of nitrogens with two attached hydrogens (primary N) is 1. The maximum atomic E-state index is 9.99. The Morgan fingerprint density at radius 2 is 2.00 bits per heavy atom. The molecule has 0 atom stereocenters. The summed E-state index contributed by atoms with van der Waals surface area (Å²) in [5.41, 5.74) is 6.23. The molecule has 0 saturated carbocycles. The third-order valence-corrected chi connectivity index (χ3v) is 4.24. The molecular weight excluding hydrogens is 311 g/mol. The van der Waals surface area contributed by atoms with Gasteiger partial charge >= 0.3 is 0 Å². The van der Waals surface area contributed by atoms with Crippen molar-refractivity contribution >= 4 is 23.2 Å². The first kappa shape index (κ1) is 16.8. The number of benzene rings is 1. The van der Waals surface area contributed by atoms with Gasteiger partial charge in [0.2, 0.25) is 0 Å². The summed E-state index contributed by atoms with van der Waals surface area (Å²) < 4.78 is 5.79. The number of nitrogens with zero attached hydrogens (tertiary/aromatic N) is 1. The Bertz CT molecular complexity index is 463. The van der Waals surface area contributed by atoms with Crippen molar-refractivity contribution < 1.29 is 9.84 Å². The summed E-state index contributed by atoms with van der Waals surface area (Å²) >= 11 is 11.9. The average molecular weight is 333 g/mol. The Hall–Kier alpha value is -0.520. The van der Waals surface area contributed by atoms with E-state index in [1.807, 2.05) is 0 Å². The summed E-state index contributed by atoms with van der Waals surface area (Å²) in [5.74, 6) is 0.127. The molecule has 1 heterocycles. The quantitative estimate of drug-likeness (QED) is 0.786. The van der Waals surface area contributed by atoms with Crippen molar-refractivity contribution in [2.75, 3.05) is 26.2 Å². The van der Waals surface area contributed by atoms with Crippen molar-refractivity contribution in [3.05, 3.63) is 27.7 Å². The lowest BCUT2D eigenvalue weighted by Gasteiger charge is -2.32. The summed E-state index contributed by atoms with van der Waals surface area (Å²) in [5, 5.41) is 10.8. The number of phenolic OH excluding ortho intramolecular Hbond substituents is 1. The van der Waals surface area contributed by atoms with Crippen LogP contribution in [0.15, 0.2) is 12.1 Å². The third-order valence-electron chi connectivity index (χ3n) is 3.74. The summed E-state index contributed by atoms with van der Waals surface area (Å²) in [6.45, 7) is 3.95. The smallest absolute Gasteiger partial charge is 0.138 e. The predicted molar refractivity (Wildman–Crippen MR) is 86.0 cm³/mol. The Morgan fingerprint density at radius 3 is 2.67 bits per heavy atom. The van der Waals surface area contributed by atoms with Crippen molar-refractivity contribution in [3.8, 4) is 5.75 Å². The molecule has 1 aliphatic rings. The van der Waals surface area contributed by atoms with E-state index in [0.717, 1.165) is 44.5 Å². The number of rotatable bonds is 6. The van der Waals surface area contributed by atoms with Crippen LogP contribution in [0.5, 0.6) is 5.75 Å². The zero-order chi connectivity index (χ0) is 15.2. The van der Waals surface area contributed by atoms with Crippen LogP contribution in [0.3, 0.4) is 0 Å². The van der Waals surface area contributed by atoms with Gasteiger partial charge in [0.25, 0.3) is 0 Å². The molecule has 0 aliphatic carbocycles. The van der Waals surface area contributed by atoms with Gasteiger partial charge in [0.15, 0.2) is 0 Å². The van der Waals surface area contributed by atoms with Crippen molar-refractivity contribution in [1.29, 1.82) is 0 Å². The zero-order valence-electron chi connectivity index (χ0n) is 12.0. The number of hydrogen-bond donors (Lipinski definition) is 2. The first-order valence-electron chi connectivity index (χ1n) is 7.31. The van der Waals surface area contributed by atoms with Gasteiger partial charge in [0.1, 0.15) is 5.75 Å². The van der Waals surface area contributed by atoms with Crippen LogP contribution in [-0.4, -0.2) is 42.4 Å². The number of phenols is 1. The summed E-state index contributed by atoms with van der Waals surface area (Å²) in [7, 11) is 0. The van der Waals surface area contributed by atoms with E-state index in [1.165, 1.54) is 0 Å². The molecule has 0 aromatic heterocycles. The molecule has 1 aromatic carbocycles. The molecular formula is C15H22Cl2N2O2. The van der Waals surface area contributed by atoms with Gasteiger partial charge < -0.3 is 15.6 Å². The molecule has 1 fully saturated rings. The normalized spacial score (nSPS) is 17.3. The Labute approximate surface area is 135 Å². The minimum atomic E-state index is 0.127. The minimum absolute atomic E-state index is 0.127. The summed E-state index contributed by atoms with van der Waals surface area (Å²) in [6.07, 6.45) is 3.23. The number of ether oxygens (including phenoxy) is 1. The average Bonchev–Trinajstić information content (AvgIpc) is 2.46. The van der Waals surface area contributed by atoms with Gasteiger partial charge in [0, 0.05) is 36.8 Å². The first-order chi connectivity index (χ1) is 10.1. The van der Waals surface area contributed by atoms with E-state index >= 15 is 0 Å². The van der Waals surface area contributed by atoms with Crippen molar-refractivity contribution in [3.63, 3.8) is 0 Å². The standard InChI is InChI=1S/C15H22Cl2N2O2/c16-12-8-11(15(20)14(17)9-12)10-19-5-2-13(3-6-19)21-7-1-4-18/h8-9,13,20H,1-7,10,18H2. The van der Waals surface area contributed by atoms with Gasteiger partial charge in [0.05, 0.1) is 11.1 Å². The predicted octanol–water partition coefficient (Wildman–Crippen LogP) is 3.03. The molecule has 21 heavy (non-hydrogen) atoms. The lowest BCUT2D eigenvalue weighted by molar-refractivity contribution is 0.00553. The lowest BCUT2D eigenvalue weighted by Crippen LogP contribution is -2.36. The molecule has 4 nitrogen and oxygen atoms in total. The van der Waals surface area contributed by atoms with Crippen molar-refractivity contribution in [2.24, 2.45) is 5.73 Å². The Balaban J connectivity index is 1.84. The van der Waals surface area contributed by atoms with Crippen molar-refractivity contribution in [2.45, 2.75) is 31.9 Å². The number of likely N-dealkylation sites (tertiary alicyclic amines) is 1. The van der Waals surface area contributed by atoms with E-state index < -0.39 is 0 Å². The minimum Gasteiger partial charge on any atom is -0.506 e. The van der Waals surface area contributed by atoms with Crippen LogP contribution in [0.2, 0.25) is 10.0 Å². The van der Waals surface area contributed by atoms with Gasteiger partial charge in [-0.3, -0.25) is 4.90 Å². The maximum absolute atomic E-state index is 9.99. The highest BCUT2D eigenvalue weighted by Gasteiger charge is 2.21. The van der Waals surface area contributed by atoms with Crippen LogP contribution >= 0.6 is 23.2 Å². The first-order valence-corrected chi connectivity index (χ1v) is 8.06. The van der Waals surface area contributed by atoms with Crippen LogP contribution in [0.1, 0.15) is 24.8 Å². The molecule has 3 N–H and O–H groups in total. The van der Waals surface area contributed by atoms with E-state index in [2.05, 4.69) is 4.90 Å². The third kappa shape index (κ3) is 5.01. The topological polar surface area (TPSA) is 58.7 Å². The molecule has 6 heteroatoms. The number of aromatic hydroxyl groups is 1. The molecule has 118 valence electrons. The SMILES string of the molecule is NCCCOC1CCN(Cc2cc(Cl)cc(Cl)c2O)CC1. The van der Waals surface area contributed by atoms with Crippen LogP contribution in [0.4, 0.5) is 0 Å². The van der Waals surface area contributed by atoms with Gasteiger partial charge in [-0.25, -0.2) is 0 Å². The van der Waals surface area contributed by atoms with Crippen LogP contribution < -0.4 is 5.73 Å². The van der Waals surface area contributed by atoms with Crippen LogP contribution in [-0.2, 0) is 11.3 Å². The fourth-order valence-electron chi connectivity index (χ4n) is 2.55. The number of halogens is 2. The summed E-state index contributed by atoms with van der Waals surface area (Å²) in [4.78, 5) is 2.28. The zero-order valence-corrected chi connectivity index (χ0v) is 13.5. The molecule has 1 aromatic rings. The number of hydrogen-bond acceptors (Lipinski definition) is 4. The lowest BCUT2D eigenvalue weighted by atomic mass is 10.1. The van der Waals surface area contributed by atoms with Gasteiger partial charge in [-0.1, -0.05) is 23.2 Å².